The lowest BCUT2D eigenvalue weighted by Gasteiger charge is -2.21. The molecular weight excluding hydrogens is 382 g/mol. The first kappa shape index (κ1) is 17.1. The highest BCUT2D eigenvalue weighted by Crippen LogP contribution is 2.36. The van der Waals surface area contributed by atoms with Crippen LogP contribution in [0.3, 0.4) is 0 Å². The second-order valence-corrected chi connectivity index (χ2v) is 7.58. The van der Waals surface area contributed by atoms with E-state index in [1.54, 1.807) is 6.07 Å². The summed E-state index contributed by atoms with van der Waals surface area (Å²) in [5, 5.41) is 7.27. The fourth-order valence-corrected chi connectivity index (χ4v) is 3.82. The van der Waals surface area contributed by atoms with E-state index in [-0.39, 0.29) is 18.7 Å². The summed E-state index contributed by atoms with van der Waals surface area (Å²) in [5.74, 6) is 1.36. The van der Waals surface area contributed by atoms with Crippen LogP contribution in [0.15, 0.2) is 54.9 Å². The molecule has 0 spiro atoms. The molecule has 1 aromatic carbocycles. The highest BCUT2D eigenvalue weighted by Gasteiger charge is 2.34. The molecule has 0 unspecified atom stereocenters. The van der Waals surface area contributed by atoms with Crippen LogP contribution in [0.25, 0.3) is 16.9 Å². The van der Waals surface area contributed by atoms with Crippen molar-refractivity contribution >= 4 is 11.6 Å². The van der Waals surface area contributed by atoms with Crippen LogP contribution >= 0.6 is 0 Å². The van der Waals surface area contributed by atoms with Crippen LogP contribution in [-0.4, -0.2) is 43.2 Å². The first-order chi connectivity index (χ1) is 14.8. The molecule has 0 radical (unpaired) electrons. The van der Waals surface area contributed by atoms with Crippen molar-refractivity contribution in [2.24, 2.45) is 0 Å². The Morgan fingerprint density at radius 1 is 1.17 bits per heavy atom. The van der Waals surface area contributed by atoms with Crippen molar-refractivity contribution < 1.29 is 14.3 Å². The van der Waals surface area contributed by atoms with E-state index in [0.29, 0.717) is 23.7 Å². The summed E-state index contributed by atoms with van der Waals surface area (Å²) < 4.78 is 12.8. The van der Waals surface area contributed by atoms with E-state index in [4.69, 9.17) is 9.47 Å². The molecule has 6 rings (SSSR count). The number of H-pyrrole nitrogens is 1. The first-order valence-electron chi connectivity index (χ1n) is 9.93. The fourth-order valence-electron chi connectivity index (χ4n) is 3.82. The third-order valence-electron chi connectivity index (χ3n) is 5.55. The number of nitrogens with one attached hydrogen (secondary N) is 1. The van der Waals surface area contributed by atoms with Gasteiger partial charge in [-0.1, -0.05) is 6.07 Å². The van der Waals surface area contributed by atoms with E-state index in [2.05, 4.69) is 15.2 Å². The molecule has 1 aliphatic carbocycles. The van der Waals surface area contributed by atoms with Gasteiger partial charge in [-0.3, -0.25) is 9.89 Å². The van der Waals surface area contributed by atoms with Crippen molar-refractivity contribution in [3.8, 4) is 22.8 Å². The normalized spacial score (nSPS) is 14.9. The standard InChI is InChI=1S/C22H19N5O3/c28-22(18-10-17(24-25-18)14-4-7-19-20(9-14)30-13-29-19)27(15-5-6-15)12-16-11-23-21-3-1-2-8-26(16)21/h1-4,7-11,15H,5-6,12-13H2,(H,24,25). The third kappa shape index (κ3) is 2.88. The summed E-state index contributed by atoms with van der Waals surface area (Å²) in [6, 6.07) is 13.6. The van der Waals surface area contributed by atoms with E-state index in [9.17, 15) is 4.79 Å². The number of carbonyl (C=O) groups is 1. The maximum absolute atomic E-state index is 13.3. The van der Waals surface area contributed by atoms with Gasteiger partial charge in [0.25, 0.3) is 5.91 Å². The first-order valence-corrected chi connectivity index (χ1v) is 9.93. The predicted octanol–water partition coefficient (Wildman–Crippen LogP) is 3.26. The molecule has 4 aromatic rings. The second kappa shape index (κ2) is 6.62. The number of amides is 1. The minimum Gasteiger partial charge on any atom is -0.454 e. The van der Waals surface area contributed by atoms with Gasteiger partial charge in [-0.15, -0.1) is 0 Å². The summed E-state index contributed by atoms with van der Waals surface area (Å²) in [4.78, 5) is 19.6. The maximum Gasteiger partial charge on any atom is 0.272 e. The molecule has 0 bridgehead atoms. The topological polar surface area (TPSA) is 84.8 Å². The monoisotopic (exact) mass is 401 g/mol. The molecular formula is C22H19N5O3. The number of nitrogens with zero attached hydrogens (tertiary/aromatic N) is 4. The molecule has 1 fully saturated rings. The minimum atomic E-state index is -0.0529. The number of aromatic amines is 1. The molecule has 30 heavy (non-hydrogen) atoms. The number of ether oxygens (including phenoxy) is 2. The second-order valence-electron chi connectivity index (χ2n) is 7.58. The Morgan fingerprint density at radius 3 is 2.97 bits per heavy atom. The Kier molecular flexibility index (Phi) is 3.77. The molecule has 150 valence electrons. The SMILES string of the molecule is O=C(c1cc(-c2ccc3c(c2)OCO3)n[nH]1)N(Cc1cnc2ccccn12)C1CC1. The summed E-state index contributed by atoms with van der Waals surface area (Å²) in [6.45, 7) is 0.732. The zero-order chi connectivity index (χ0) is 20.1. The summed E-state index contributed by atoms with van der Waals surface area (Å²) in [7, 11) is 0. The number of carbonyl (C=O) groups excluding carboxylic acids is 1. The largest absolute Gasteiger partial charge is 0.454 e. The predicted molar refractivity (Wildman–Crippen MR) is 108 cm³/mol. The highest BCUT2D eigenvalue weighted by molar-refractivity contribution is 5.93. The van der Waals surface area contributed by atoms with Crippen LogP contribution in [0.5, 0.6) is 11.5 Å². The molecule has 8 heteroatoms. The highest BCUT2D eigenvalue weighted by atomic mass is 16.7. The number of fused-ring (bicyclic) bond motifs is 2. The molecule has 1 aliphatic heterocycles. The van der Waals surface area contributed by atoms with Gasteiger partial charge in [0, 0.05) is 17.8 Å². The molecule has 0 saturated heterocycles. The van der Waals surface area contributed by atoms with E-state index in [1.807, 2.05) is 58.1 Å². The van der Waals surface area contributed by atoms with Crippen molar-refractivity contribution in [2.45, 2.75) is 25.4 Å². The van der Waals surface area contributed by atoms with E-state index < -0.39 is 0 Å². The number of aromatic nitrogens is 4. The molecule has 8 nitrogen and oxygen atoms in total. The van der Waals surface area contributed by atoms with Crippen molar-refractivity contribution in [2.75, 3.05) is 6.79 Å². The van der Waals surface area contributed by atoms with Gasteiger partial charge in [0.2, 0.25) is 6.79 Å². The van der Waals surface area contributed by atoms with Crippen LogP contribution in [0, 0.1) is 0 Å². The Morgan fingerprint density at radius 2 is 2.07 bits per heavy atom. The van der Waals surface area contributed by atoms with E-state index >= 15 is 0 Å². The fraction of sp³-hybridized carbons (Fsp3) is 0.227. The van der Waals surface area contributed by atoms with Crippen molar-refractivity contribution in [1.82, 2.24) is 24.5 Å². The lowest BCUT2D eigenvalue weighted by molar-refractivity contribution is 0.0721. The summed E-state index contributed by atoms with van der Waals surface area (Å²) in [6.07, 6.45) is 5.85. The molecule has 1 amide bonds. The zero-order valence-corrected chi connectivity index (χ0v) is 16.1. The van der Waals surface area contributed by atoms with Crippen LogP contribution < -0.4 is 9.47 Å². The average molecular weight is 401 g/mol. The van der Waals surface area contributed by atoms with Gasteiger partial charge in [0.15, 0.2) is 11.5 Å². The number of hydrogen-bond acceptors (Lipinski definition) is 5. The van der Waals surface area contributed by atoms with Crippen LogP contribution in [0.2, 0.25) is 0 Å². The molecule has 1 N–H and O–H groups in total. The number of imidazole rings is 1. The number of pyridine rings is 1. The lowest BCUT2D eigenvalue weighted by Crippen LogP contribution is -2.33. The summed E-state index contributed by atoms with van der Waals surface area (Å²) in [5.41, 5.74) is 3.91. The van der Waals surface area contributed by atoms with E-state index in [1.165, 1.54) is 0 Å². The Balaban J connectivity index is 1.27. The van der Waals surface area contributed by atoms with Gasteiger partial charge in [0.05, 0.1) is 24.1 Å². The van der Waals surface area contributed by atoms with Crippen molar-refractivity contribution in [3.05, 3.63) is 66.2 Å². The van der Waals surface area contributed by atoms with Gasteiger partial charge in [-0.05, 0) is 49.2 Å². The van der Waals surface area contributed by atoms with Gasteiger partial charge in [-0.25, -0.2) is 4.98 Å². The smallest absolute Gasteiger partial charge is 0.272 e. The van der Waals surface area contributed by atoms with Crippen molar-refractivity contribution in [3.63, 3.8) is 0 Å². The number of hydrogen-bond donors (Lipinski definition) is 1. The zero-order valence-electron chi connectivity index (χ0n) is 16.1. The Labute approximate surface area is 172 Å². The summed E-state index contributed by atoms with van der Waals surface area (Å²) >= 11 is 0. The maximum atomic E-state index is 13.3. The Bertz CT molecular complexity index is 1260. The van der Waals surface area contributed by atoms with Gasteiger partial charge in [-0.2, -0.15) is 5.10 Å². The number of benzene rings is 1. The molecule has 3 aromatic heterocycles. The van der Waals surface area contributed by atoms with Crippen LogP contribution in [0.4, 0.5) is 0 Å². The van der Waals surface area contributed by atoms with E-state index in [0.717, 1.165) is 35.5 Å². The average Bonchev–Trinajstić information content (AvgIpc) is 3.19. The Hall–Kier alpha value is -3.81. The van der Waals surface area contributed by atoms with Gasteiger partial charge >= 0.3 is 0 Å². The number of rotatable bonds is 5. The van der Waals surface area contributed by atoms with Gasteiger partial charge < -0.3 is 18.8 Å². The van der Waals surface area contributed by atoms with Crippen molar-refractivity contribution in [1.29, 1.82) is 0 Å². The lowest BCUT2D eigenvalue weighted by atomic mass is 10.1. The molecule has 1 saturated carbocycles. The molecule has 4 heterocycles. The van der Waals surface area contributed by atoms with Gasteiger partial charge in [0.1, 0.15) is 11.3 Å². The van der Waals surface area contributed by atoms with Crippen LogP contribution in [0.1, 0.15) is 29.0 Å². The third-order valence-corrected chi connectivity index (χ3v) is 5.55. The molecule has 0 atom stereocenters. The van der Waals surface area contributed by atoms with Crippen LogP contribution in [-0.2, 0) is 6.54 Å². The molecule has 2 aliphatic rings. The quantitative estimate of drug-likeness (QED) is 0.555. The minimum absolute atomic E-state index is 0.0529.